The molecule has 2 heteroatoms. The van der Waals surface area contributed by atoms with Crippen molar-refractivity contribution in [2.45, 2.75) is 39.7 Å². The van der Waals surface area contributed by atoms with Crippen molar-refractivity contribution in [3.05, 3.63) is 34.9 Å². The molecule has 1 nitrogen and oxygen atoms in total. The van der Waals surface area contributed by atoms with E-state index < -0.39 is 0 Å². The largest absolute Gasteiger partial charge is 0.314 e. The monoisotopic (exact) mass is 251 g/mol. The van der Waals surface area contributed by atoms with Crippen LogP contribution in [0.3, 0.4) is 0 Å². The maximum Gasteiger partial charge on any atom is 0.0406 e. The third-order valence-corrected chi connectivity index (χ3v) is 4.14. The van der Waals surface area contributed by atoms with Crippen LogP contribution in [-0.4, -0.2) is 12.6 Å². The standard InChI is InChI=1S/C15H22ClN/c1-11(17-10-13-9-15(13,2)3)8-12-4-6-14(16)7-5-12/h4-7,11,13,17H,8-10H2,1-3H3. The van der Waals surface area contributed by atoms with Crippen LogP contribution in [0.15, 0.2) is 24.3 Å². The molecule has 0 radical (unpaired) electrons. The normalized spacial score (nSPS) is 23.4. The average molecular weight is 252 g/mol. The van der Waals surface area contributed by atoms with Gasteiger partial charge in [-0.1, -0.05) is 37.6 Å². The molecule has 0 aromatic heterocycles. The van der Waals surface area contributed by atoms with Crippen LogP contribution in [0, 0.1) is 11.3 Å². The predicted octanol–water partition coefficient (Wildman–Crippen LogP) is 3.91. The van der Waals surface area contributed by atoms with Gasteiger partial charge < -0.3 is 5.32 Å². The van der Waals surface area contributed by atoms with Gasteiger partial charge in [-0.15, -0.1) is 0 Å². The van der Waals surface area contributed by atoms with Crippen molar-refractivity contribution < 1.29 is 0 Å². The zero-order valence-electron chi connectivity index (χ0n) is 11.0. The van der Waals surface area contributed by atoms with E-state index in [4.69, 9.17) is 11.6 Å². The van der Waals surface area contributed by atoms with Crippen LogP contribution < -0.4 is 5.32 Å². The Morgan fingerprint density at radius 3 is 2.47 bits per heavy atom. The summed E-state index contributed by atoms with van der Waals surface area (Å²) in [6, 6.07) is 8.69. The Hall–Kier alpha value is -0.530. The maximum atomic E-state index is 5.87. The van der Waals surface area contributed by atoms with Crippen LogP contribution in [0.5, 0.6) is 0 Å². The second kappa shape index (κ2) is 4.99. The molecule has 1 aliphatic carbocycles. The lowest BCUT2D eigenvalue weighted by Crippen LogP contribution is -2.30. The van der Waals surface area contributed by atoms with E-state index >= 15 is 0 Å². The number of rotatable bonds is 5. The minimum atomic E-state index is 0.535. The summed E-state index contributed by atoms with van der Waals surface area (Å²) >= 11 is 5.87. The highest BCUT2D eigenvalue weighted by Crippen LogP contribution is 2.51. The molecule has 1 N–H and O–H groups in total. The molecule has 0 heterocycles. The molecule has 0 bridgehead atoms. The molecule has 94 valence electrons. The first kappa shape index (κ1) is 12.9. The summed E-state index contributed by atoms with van der Waals surface area (Å²) < 4.78 is 0. The fourth-order valence-electron chi connectivity index (χ4n) is 2.31. The van der Waals surface area contributed by atoms with Gasteiger partial charge >= 0.3 is 0 Å². The van der Waals surface area contributed by atoms with E-state index in [2.05, 4.69) is 38.2 Å². The average Bonchev–Trinajstić information content (AvgIpc) is 2.87. The van der Waals surface area contributed by atoms with Crippen molar-refractivity contribution in [2.75, 3.05) is 6.54 Å². The molecule has 2 atom stereocenters. The van der Waals surface area contributed by atoms with Crippen LogP contribution in [0.4, 0.5) is 0 Å². The van der Waals surface area contributed by atoms with Gasteiger partial charge in [0.1, 0.15) is 0 Å². The van der Waals surface area contributed by atoms with Crippen LogP contribution >= 0.6 is 11.6 Å². The molecule has 1 fully saturated rings. The molecule has 17 heavy (non-hydrogen) atoms. The van der Waals surface area contributed by atoms with Gasteiger partial charge in [-0.3, -0.25) is 0 Å². The summed E-state index contributed by atoms with van der Waals surface area (Å²) in [5.74, 6) is 0.871. The third-order valence-electron chi connectivity index (χ3n) is 3.89. The van der Waals surface area contributed by atoms with E-state index in [9.17, 15) is 0 Å². The van der Waals surface area contributed by atoms with Crippen LogP contribution in [0.1, 0.15) is 32.8 Å². The fraction of sp³-hybridized carbons (Fsp3) is 0.600. The molecule has 1 aromatic rings. The van der Waals surface area contributed by atoms with Crippen LogP contribution in [0.2, 0.25) is 5.02 Å². The lowest BCUT2D eigenvalue weighted by atomic mass is 10.1. The van der Waals surface area contributed by atoms with E-state index in [0.717, 1.165) is 23.9 Å². The second-order valence-electron chi connectivity index (χ2n) is 6.03. The molecule has 0 saturated heterocycles. The Labute approximate surface area is 110 Å². The summed E-state index contributed by atoms with van der Waals surface area (Å²) in [7, 11) is 0. The van der Waals surface area contributed by atoms with E-state index in [1.165, 1.54) is 12.0 Å². The highest BCUT2D eigenvalue weighted by molar-refractivity contribution is 6.30. The second-order valence-corrected chi connectivity index (χ2v) is 6.47. The van der Waals surface area contributed by atoms with Gasteiger partial charge in [0.05, 0.1) is 0 Å². The maximum absolute atomic E-state index is 5.87. The van der Waals surface area contributed by atoms with Crippen molar-refractivity contribution in [1.82, 2.24) is 5.32 Å². The summed E-state index contributed by atoms with van der Waals surface area (Å²) in [4.78, 5) is 0. The van der Waals surface area contributed by atoms with E-state index in [1.807, 2.05) is 12.1 Å². The van der Waals surface area contributed by atoms with Gasteiger partial charge in [-0.05, 0) is 55.3 Å². The summed E-state index contributed by atoms with van der Waals surface area (Å²) in [6.45, 7) is 8.11. The van der Waals surface area contributed by atoms with Crippen molar-refractivity contribution in [3.8, 4) is 0 Å². The number of benzene rings is 1. The molecule has 0 spiro atoms. The fourth-order valence-corrected chi connectivity index (χ4v) is 2.44. The molecule has 1 aromatic carbocycles. The molecule has 2 rings (SSSR count). The Bertz CT molecular complexity index is 369. The summed E-state index contributed by atoms with van der Waals surface area (Å²) in [5.41, 5.74) is 1.93. The SMILES string of the molecule is CC(Cc1ccc(Cl)cc1)NCC1CC1(C)C. The zero-order valence-corrected chi connectivity index (χ0v) is 11.7. The molecule has 0 aliphatic heterocycles. The molecular formula is C15H22ClN. The predicted molar refractivity (Wildman–Crippen MR) is 74.5 cm³/mol. The first-order valence-electron chi connectivity index (χ1n) is 6.45. The Morgan fingerprint density at radius 2 is 1.94 bits per heavy atom. The van der Waals surface area contributed by atoms with E-state index in [1.54, 1.807) is 0 Å². The third kappa shape index (κ3) is 3.72. The van der Waals surface area contributed by atoms with Crippen molar-refractivity contribution in [2.24, 2.45) is 11.3 Å². The molecule has 0 amide bonds. The first-order valence-corrected chi connectivity index (χ1v) is 6.83. The lowest BCUT2D eigenvalue weighted by Gasteiger charge is -2.14. The minimum Gasteiger partial charge on any atom is -0.314 e. The number of nitrogens with one attached hydrogen (secondary N) is 1. The highest BCUT2D eigenvalue weighted by atomic mass is 35.5. The molecule has 1 aliphatic rings. The lowest BCUT2D eigenvalue weighted by molar-refractivity contribution is 0.474. The van der Waals surface area contributed by atoms with Crippen LogP contribution in [-0.2, 0) is 6.42 Å². The Balaban J connectivity index is 1.74. The smallest absolute Gasteiger partial charge is 0.0406 e. The van der Waals surface area contributed by atoms with Crippen molar-refractivity contribution >= 4 is 11.6 Å². The van der Waals surface area contributed by atoms with Crippen LogP contribution in [0.25, 0.3) is 0 Å². The van der Waals surface area contributed by atoms with Gasteiger partial charge in [0, 0.05) is 11.1 Å². The first-order chi connectivity index (χ1) is 7.97. The highest BCUT2D eigenvalue weighted by Gasteiger charge is 2.44. The van der Waals surface area contributed by atoms with Gasteiger partial charge in [0.2, 0.25) is 0 Å². The zero-order chi connectivity index (χ0) is 12.5. The topological polar surface area (TPSA) is 12.0 Å². The summed E-state index contributed by atoms with van der Waals surface area (Å²) in [6.07, 6.45) is 2.44. The van der Waals surface area contributed by atoms with Crippen molar-refractivity contribution in [1.29, 1.82) is 0 Å². The molecular weight excluding hydrogens is 230 g/mol. The van der Waals surface area contributed by atoms with E-state index in [-0.39, 0.29) is 0 Å². The quantitative estimate of drug-likeness (QED) is 0.837. The number of hydrogen-bond acceptors (Lipinski definition) is 1. The van der Waals surface area contributed by atoms with Gasteiger partial charge in [-0.25, -0.2) is 0 Å². The van der Waals surface area contributed by atoms with Crippen molar-refractivity contribution in [3.63, 3.8) is 0 Å². The van der Waals surface area contributed by atoms with Gasteiger partial charge in [0.25, 0.3) is 0 Å². The van der Waals surface area contributed by atoms with Gasteiger partial charge in [0.15, 0.2) is 0 Å². The Kier molecular flexibility index (Phi) is 3.79. The number of hydrogen-bond donors (Lipinski definition) is 1. The number of halogens is 1. The molecule has 2 unspecified atom stereocenters. The summed E-state index contributed by atoms with van der Waals surface area (Å²) in [5, 5.41) is 4.44. The van der Waals surface area contributed by atoms with E-state index in [0.29, 0.717) is 11.5 Å². The minimum absolute atomic E-state index is 0.535. The van der Waals surface area contributed by atoms with Gasteiger partial charge in [-0.2, -0.15) is 0 Å². The molecule has 1 saturated carbocycles. The Morgan fingerprint density at radius 1 is 1.35 bits per heavy atom.